The first-order valence-electron chi connectivity index (χ1n) is 7.85. The van der Waals surface area contributed by atoms with Gasteiger partial charge in [-0.1, -0.05) is 15.9 Å². The lowest BCUT2D eigenvalue weighted by molar-refractivity contribution is 0.0531. The number of benzene rings is 1. The van der Waals surface area contributed by atoms with E-state index in [1.165, 1.54) is 0 Å². The van der Waals surface area contributed by atoms with E-state index in [4.69, 9.17) is 4.74 Å². The van der Waals surface area contributed by atoms with Gasteiger partial charge in [0.2, 0.25) is 0 Å². The summed E-state index contributed by atoms with van der Waals surface area (Å²) in [5, 5.41) is 9.54. The first kappa shape index (κ1) is 20.7. The molecule has 0 unspecified atom stereocenters. The minimum atomic E-state index is -2.02. The van der Waals surface area contributed by atoms with Crippen molar-refractivity contribution in [3.05, 3.63) is 50.9 Å². The van der Waals surface area contributed by atoms with Crippen LogP contribution in [0, 0.1) is 0 Å². The normalized spacial score (nSPS) is 11.2. The van der Waals surface area contributed by atoms with Crippen LogP contribution in [0.5, 0.6) is 0 Å². The Labute approximate surface area is 161 Å². The molecular weight excluding hydrogens is 428 g/mol. The van der Waals surface area contributed by atoms with Gasteiger partial charge in [-0.15, -0.1) is 0 Å². The smallest absolute Gasteiger partial charge is 0.407 e. The standard InChI is InChI=1S/C16H18BrF2N5O3/c1-16(2,3)27-14(25)20-8-10(13(18)19)9-23-15(26)24(22-21-23)12-6-4-11(17)5-7-12/h4-7H,8-9H2,1-3H3,(H,20,25). The topological polar surface area (TPSA) is 91.0 Å². The van der Waals surface area contributed by atoms with Crippen molar-refractivity contribution < 1.29 is 18.3 Å². The summed E-state index contributed by atoms with van der Waals surface area (Å²) in [6, 6.07) is 6.67. The van der Waals surface area contributed by atoms with Crippen LogP contribution in [0.1, 0.15) is 20.8 Å². The van der Waals surface area contributed by atoms with Crippen molar-refractivity contribution in [1.29, 1.82) is 0 Å². The number of nitrogens with zero attached hydrogens (tertiary/aromatic N) is 4. The molecule has 1 aromatic carbocycles. The second-order valence-electron chi connectivity index (χ2n) is 6.53. The molecule has 1 heterocycles. The molecule has 1 amide bonds. The molecule has 0 aliphatic rings. The van der Waals surface area contributed by atoms with Gasteiger partial charge in [-0.3, -0.25) is 0 Å². The summed E-state index contributed by atoms with van der Waals surface area (Å²) in [6.07, 6.45) is -2.86. The highest BCUT2D eigenvalue weighted by Crippen LogP contribution is 2.13. The summed E-state index contributed by atoms with van der Waals surface area (Å²) < 4.78 is 34.0. The maximum absolute atomic E-state index is 13.2. The molecule has 1 N–H and O–H groups in total. The van der Waals surface area contributed by atoms with Gasteiger partial charge in [0.1, 0.15) is 5.60 Å². The number of tetrazole rings is 1. The number of rotatable bonds is 5. The number of aromatic nitrogens is 4. The van der Waals surface area contributed by atoms with Gasteiger partial charge in [0, 0.05) is 16.6 Å². The number of hydrogen-bond acceptors (Lipinski definition) is 5. The van der Waals surface area contributed by atoms with Crippen LogP contribution >= 0.6 is 15.9 Å². The van der Waals surface area contributed by atoms with Crippen molar-refractivity contribution in [2.75, 3.05) is 6.54 Å². The minimum absolute atomic E-state index is 0.438. The lowest BCUT2D eigenvalue weighted by Crippen LogP contribution is -2.35. The van der Waals surface area contributed by atoms with E-state index in [1.807, 2.05) is 0 Å². The molecule has 146 valence electrons. The highest BCUT2D eigenvalue weighted by atomic mass is 79.9. The number of nitrogens with one attached hydrogen (secondary N) is 1. The monoisotopic (exact) mass is 445 g/mol. The third-order valence-corrected chi connectivity index (χ3v) is 3.69. The summed E-state index contributed by atoms with van der Waals surface area (Å²) in [5.74, 6) is 0. The molecule has 0 saturated carbocycles. The van der Waals surface area contributed by atoms with Crippen molar-refractivity contribution in [2.24, 2.45) is 0 Å². The Morgan fingerprint density at radius 1 is 1.22 bits per heavy atom. The van der Waals surface area contributed by atoms with Gasteiger partial charge < -0.3 is 10.1 Å². The fraction of sp³-hybridized carbons (Fsp3) is 0.375. The molecule has 0 spiro atoms. The molecule has 0 atom stereocenters. The lowest BCUT2D eigenvalue weighted by Gasteiger charge is -2.19. The second-order valence-corrected chi connectivity index (χ2v) is 7.44. The van der Waals surface area contributed by atoms with Crippen LogP contribution < -0.4 is 11.0 Å². The minimum Gasteiger partial charge on any atom is -0.444 e. The molecule has 0 saturated heterocycles. The van der Waals surface area contributed by atoms with Crippen LogP contribution in [0.2, 0.25) is 0 Å². The predicted molar refractivity (Wildman–Crippen MR) is 96.8 cm³/mol. The van der Waals surface area contributed by atoms with Crippen molar-refractivity contribution in [2.45, 2.75) is 32.9 Å². The lowest BCUT2D eigenvalue weighted by atomic mass is 10.2. The number of hydrogen-bond donors (Lipinski definition) is 1. The number of halogens is 3. The van der Waals surface area contributed by atoms with E-state index >= 15 is 0 Å². The van der Waals surface area contributed by atoms with E-state index in [9.17, 15) is 18.4 Å². The highest BCUT2D eigenvalue weighted by Gasteiger charge is 2.18. The predicted octanol–water partition coefficient (Wildman–Crippen LogP) is 2.87. The summed E-state index contributed by atoms with van der Waals surface area (Å²) in [5.41, 5.74) is -1.49. The third kappa shape index (κ3) is 5.98. The van der Waals surface area contributed by atoms with Gasteiger partial charge >= 0.3 is 11.8 Å². The Morgan fingerprint density at radius 2 is 1.85 bits per heavy atom. The summed E-state index contributed by atoms with van der Waals surface area (Å²) in [7, 11) is 0. The summed E-state index contributed by atoms with van der Waals surface area (Å²) >= 11 is 3.27. The maximum Gasteiger partial charge on any atom is 0.407 e. The average molecular weight is 446 g/mol. The molecule has 2 rings (SSSR count). The molecule has 27 heavy (non-hydrogen) atoms. The quantitative estimate of drug-likeness (QED) is 0.763. The molecule has 2 aromatic rings. The Kier molecular flexibility index (Phi) is 6.47. The molecule has 0 fully saturated rings. The second kappa shape index (κ2) is 8.42. The number of ether oxygens (including phenoxy) is 1. The SMILES string of the molecule is CC(C)(C)OC(=O)NCC(Cn1nnn(-c2ccc(Br)cc2)c1=O)=C(F)F. The van der Waals surface area contributed by atoms with Gasteiger partial charge in [-0.25, -0.2) is 9.59 Å². The molecule has 0 aliphatic heterocycles. The van der Waals surface area contributed by atoms with Gasteiger partial charge in [0.15, 0.2) is 0 Å². The molecule has 8 nitrogen and oxygen atoms in total. The fourth-order valence-corrected chi connectivity index (χ4v) is 2.24. The van der Waals surface area contributed by atoms with Crippen molar-refractivity contribution >= 4 is 22.0 Å². The summed E-state index contributed by atoms with van der Waals surface area (Å²) in [6.45, 7) is 3.94. The molecule has 0 bridgehead atoms. The molecule has 0 radical (unpaired) electrons. The maximum atomic E-state index is 13.2. The van der Waals surface area contributed by atoms with E-state index in [0.29, 0.717) is 5.69 Å². The molecule has 11 heteroatoms. The zero-order valence-electron chi connectivity index (χ0n) is 14.9. The van der Waals surface area contributed by atoms with Crippen LogP contribution in [0.25, 0.3) is 5.69 Å². The van der Waals surface area contributed by atoms with E-state index in [1.54, 1.807) is 45.0 Å². The third-order valence-electron chi connectivity index (χ3n) is 3.16. The zero-order valence-corrected chi connectivity index (χ0v) is 16.5. The van der Waals surface area contributed by atoms with Crippen molar-refractivity contribution in [1.82, 2.24) is 25.1 Å². The zero-order chi connectivity index (χ0) is 20.2. The number of amides is 1. The van der Waals surface area contributed by atoms with Crippen LogP contribution in [0.3, 0.4) is 0 Å². The largest absolute Gasteiger partial charge is 0.444 e. The van der Waals surface area contributed by atoms with E-state index in [0.717, 1.165) is 13.8 Å². The average Bonchev–Trinajstić information content (AvgIpc) is 2.91. The number of carbonyl (C=O) groups excluding carboxylic acids is 1. The fourth-order valence-electron chi connectivity index (χ4n) is 1.97. The number of alkyl carbamates (subject to hydrolysis) is 1. The van der Waals surface area contributed by atoms with Gasteiger partial charge in [0.05, 0.1) is 12.2 Å². The van der Waals surface area contributed by atoms with E-state index in [2.05, 4.69) is 31.7 Å². The first-order valence-corrected chi connectivity index (χ1v) is 8.65. The Morgan fingerprint density at radius 3 is 2.41 bits per heavy atom. The number of carbonyl (C=O) groups is 1. The molecular formula is C16H18BrF2N5O3. The Balaban J connectivity index is 2.12. The highest BCUT2D eigenvalue weighted by molar-refractivity contribution is 9.10. The van der Waals surface area contributed by atoms with Crippen LogP contribution in [0.15, 0.2) is 45.2 Å². The molecule has 1 aromatic heterocycles. The summed E-state index contributed by atoms with van der Waals surface area (Å²) in [4.78, 5) is 24.0. The first-order chi connectivity index (χ1) is 12.6. The van der Waals surface area contributed by atoms with Crippen LogP contribution in [-0.2, 0) is 11.3 Å². The van der Waals surface area contributed by atoms with Crippen molar-refractivity contribution in [3.8, 4) is 5.69 Å². The van der Waals surface area contributed by atoms with Crippen LogP contribution in [-0.4, -0.2) is 38.0 Å². The Hall–Kier alpha value is -2.56. The van der Waals surface area contributed by atoms with Crippen molar-refractivity contribution in [3.63, 3.8) is 0 Å². The van der Waals surface area contributed by atoms with Gasteiger partial charge in [-0.05, 0) is 55.5 Å². The Bertz CT molecular complexity index is 896. The van der Waals surface area contributed by atoms with Gasteiger partial charge in [-0.2, -0.15) is 18.1 Å². The van der Waals surface area contributed by atoms with Gasteiger partial charge in [0.25, 0.3) is 6.08 Å². The van der Waals surface area contributed by atoms with E-state index in [-0.39, 0.29) is 0 Å². The van der Waals surface area contributed by atoms with Crippen LogP contribution in [0.4, 0.5) is 13.6 Å². The molecule has 0 aliphatic carbocycles. The van der Waals surface area contributed by atoms with E-state index < -0.39 is 42.1 Å².